The highest BCUT2D eigenvalue weighted by Gasteiger charge is 2.27. The predicted molar refractivity (Wildman–Crippen MR) is 101 cm³/mol. The predicted octanol–water partition coefficient (Wildman–Crippen LogP) is 4.43. The average Bonchev–Trinajstić information content (AvgIpc) is 2.66. The molecule has 6 nitrogen and oxygen atoms in total. The zero-order valence-corrected chi connectivity index (χ0v) is 15.1. The first-order chi connectivity index (χ1) is 12.9. The van der Waals surface area contributed by atoms with Crippen LogP contribution < -0.4 is 0 Å². The summed E-state index contributed by atoms with van der Waals surface area (Å²) in [6.07, 6.45) is 1.12. The number of Topliss-reactive ketones (excluding diaryl/α,β-unsaturated/α-hetero) is 1. The minimum atomic E-state index is -4.36. The van der Waals surface area contributed by atoms with Crippen molar-refractivity contribution in [1.29, 1.82) is 0 Å². The Hall–Kier alpha value is -2.90. The fourth-order valence-corrected chi connectivity index (χ4v) is 4.11. The van der Waals surface area contributed by atoms with Crippen molar-refractivity contribution in [3.05, 3.63) is 71.8 Å². The zero-order chi connectivity index (χ0) is 19.0. The maximum Gasteiger partial charge on any atom is 0.295 e. The Bertz CT molecular complexity index is 1190. The normalized spacial score (nSPS) is 17.4. The second-order valence-electron chi connectivity index (χ2n) is 6.39. The Morgan fingerprint density at radius 3 is 2.37 bits per heavy atom. The molecule has 0 fully saturated rings. The van der Waals surface area contributed by atoms with Gasteiger partial charge in [-0.3, -0.25) is 9.35 Å². The van der Waals surface area contributed by atoms with Gasteiger partial charge < -0.3 is 0 Å². The van der Waals surface area contributed by atoms with Gasteiger partial charge in [0, 0.05) is 17.2 Å². The largest absolute Gasteiger partial charge is 0.297 e. The molecule has 0 radical (unpaired) electrons. The first-order valence-corrected chi connectivity index (χ1v) is 9.90. The number of azo groups is 1. The number of rotatable bonds is 3. The quantitative estimate of drug-likeness (QED) is 0.537. The van der Waals surface area contributed by atoms with Crippen molar-refractivity contribution in [2.45, 2.75) is 23.8 Å². The van der Waals surface area contributed by atoms with Gasteiger partial charge in [-0.05, 0) is 29.7 Å². The van der Waals surface area contributed by atoms with Gasteiger partial charge in [0.1, 0.15) is 4.90 Å². The van der Waals surface area contributed by atoms with Gasteiger partial charge in [0.2, 0.25) is 0 Å². The van der Waals surface area contributed by atoms with Crippen molar-refractivity contribution in [3.63, 3.8) is 0 Å². The van der Waals surface area contributed by atoms with Gasteiger partial charge in [-0.1, -0.05) is 48.5 Å². The van der Waals surface area contributed by atoms with Crippen LogP contribution in [0.5, 0.6) is 0 Å². The monoisotopic (exact) mass is 380 g/mol. The number of carbonyl (C=O) groups is 1. The van der Waals surface area contributed by atoms with Gasteiger partial charge in [-0.2, -0.15) is 18.6 Å². The highest BCUT2D eigenvalue weighted by Crippen LogP contribution is 2.34. The van der Waals surface area contributed by atoms with Crippen LogP contribution in [0.15, 0.2) is 75.8 Å². The van der Waals surface area contributed by atoms with E-state index in [9.17, 15) is 17.8 Å². The van der Waals surface area contributed by atoms with Crippen LogP contribution in [0.2, 0.25) is 0 Å². The molecule has 27 heavy (non-hydrogen) atoms. The molecule has 1 aliphatic carbocycles. The SMILES string of the molecule is O=C1CCc2ccccc2C1N=Nc1ccc(S(=O)(=O)O)c2ccccc12. The van der Waals surface area contributed by atoms with Crippen molar-refractivity contribution < 1.29 is 17.8 Å². The van der Waals surface area contributed by atoms with Gasteiger partial charge in [-0.25, -0.2) is 0 Å². The van der Waals surface area contributed by atoms with Crippen LogP contribution in [0, 0.1) is 0 Å². The summed E-state index contributed by atoms with van der Waals surface area (Å²) in [7, 11) is -4.36. The maximum absolute atomic E-state index is 12.4. The molecule has 0 bridgehead atoms. The van der Waals surface area contributed by atoms with E-state index in [0.29, 0.717) is 29.3 Å². The van der Waals surface area contributed by atoms with Crippen molar-refractivity contribution in [2.75, 3.05) is 0 Å². The van der Waals surface area contributed by atoms with E-state index in [-0.39, 0.29) is 10.7 Å². The first kappa shape index (κ1) is 17.5. The Kier molecular flexibility index (Phi) is 4.33. The van der Waals surface area contributed by atoms with E-state index in [0.717, 1.165) is 11.1 Å². The van der Waals surface area contributed by atoms with Gasteiger partial charge >= 0.3 is 0 Å². The summed E-state index contributed by atoms with van der Waals surface area (Å²) in [5.41, 5.74) is 2.39. The number of hydrogen-bond acceptors (Lipinski definition) is 5. The Balaban J connectivity index is 1.80. The number of aryl methyl sites for hydroxylation is 1. The summed E-state index contributed by atoms with van der Waals surface area (Å²) < 4.78 is 32.6. The van der Waals surface area contributed by atoms with Crippen LogP contribution in [0.1, 0.15) is 23.6 Å². The van der Waals surface area contributed by atoms with Gasteiger partial charge in [0.25, 0.3) is 10.1 Å². The lowest BCUT2D eigenvalue weighted by Gasteiger charge is -2.20. The molecule has 0 saturated heterocycles. The van der Waals surface area contributed by atoms with E-state index in [1.165, 1.54) is 12.1 Å². The summed E-state index contributed by atoms with van der Waals surface area (Å²) in [5, 5.41) is 9.43. The molecule has 136 valence electrons. The highest BCUT2D eigenvalue weighted by atomic mass is 32.2. The minimum absolute atomic E-state index is 0.0105. The Labute approximate surface area is 156 Å². The molecule has 4 rings (SSSR count). The third-order valence-corrected chi connectivity index (χ3v) is 5.63. The van der Waals surface area contributed by atoms with Crippen LogP contribution >= 0.6 is 0 Å². The molecule has 0 aromatic heterocycles. The van der Waals surface area contributed by atoms with E-state index in [1.54, 1.807) is 24.3 Å². The van der Waals surface area contributed by atoms with E-state index in [1.807, 2.05) is 24.3 Å². The molecule has 1 atom stereocenters. The third-order valence-electron chi connectivity index (χ3n) is 4.72. The average molecular weight is 380 g/mol. The summed E-state index contributed by atoms with van der Waals surface area (Å²) in [5.74, 6) is 0.0105. The topological polar surface area (TPSA) is 96.2 Å². The number of fused-ring (bicyclic) bond motifs is 2. The van der Waals surface area contributed by atoms with Crippen molar-refractivity contribution in [3.8, 4) is 0 Å². The molecule has 3 aromatic carbocycles. The second kappa shape index (κ2) is 6.68. The van der Waals surface area contributed by atoms with E-state index in [4.69, 9.17) is 0 Å². The molecule has 1 N–H and O–H groups in total. The number of benzene rings is 3. The zero-order valence-electron chi connectivity index (χ0n) is 14.2. The summed E-state index contributed by atoms with van der Waals surface area (Å²) >= 11 is 0. The molecular formula is C20H16N2O4S. The Morgan fingerprint density at radius 2 is 1.59 bits per heavy atom. The number of carbonyl (C=O) groups excluding carboxylic acids is 1. The lowest BCUT2D eigenvalue weighted by atomic mass is 9.87. The lowest BCUT2D eigenvalue weighted by molar-refractivity contribution is -0.120. The van der Waals surface area contributed by atoms with Crippen LogP contribution in [0.4, 0.5) is 5.69 Å². The Morgan fingerprint density at radius 1 is 0.889 bits per heavy atom. The van der Waals surface area contributed by atoms with Gasteiger partial charge in [0.05, 0.1) is 5.69 Å². The molecule has 0 heterocycles. The van der Waals surface area contributed by atoms with Crippen LogP contribution in [0.3, 0.4) is 0 Å². The number of hydrogen-bond donors (Lipinski definition) is 1. The molecule has 3 aromatic rings. The maximum atomic E-state index is 12.4. The number of nitrogens with zero attached hydrogens (tertiary/aromatic N) is 2. The molecular weight excluding hydrogens is 364 g/mol. The molecule has 0 aliphatic heterocycles. The standard InChI is InChI=1S/C20H16N2O4S/c23-18-11-9-13-5-1-2-6-14(13)20(18)22-21-17-10-12-19(27(24,25)26)16-8-4-3-7-15(16)17/h1-8,10,12,20H,9,11H2,(H,24,25,26). The van der Waals surface area contributed by atoms with Gasteiger partial charge in [0.15, 0.2) is 11.8 Å². The molecule has 0 spiro atoms. The summed E-state index contributed by atoms with van der Waals surface area (Å²) in [4.78, 5) is 12.2. The second-order valence-corrected chi connectivity index (χ2v) is 7.78. The van der Waals surface area contributed by atoms with Crippen LogP contribution in [-0.2, 0) is 21.3 Å². The lowest BCUT2D eigenvalue weighted by Crippen LogP contribution is -2.18. The fraction of sp³-hybridized carbons (Fsp3) is 0.150. The molecule has 0 saturated carbocycles. The molecule has 1 aliphatic rings. The van der Waals surface area contributed by atoms with E-state index >= 15 is 0 Å². The molecule has 0 amide bonds. The van der Waals surface area contributed by atoms with E-state index in [2.05, 4.69) is 10.2 Å². The van der Waals surface area contributed by atoms with Gasteiger partial charge in [-0.15, -0.1) is 0 Å². The molecule has 7 heteroatoms. The smallest absolute Gasteiger partial charge is 0.295 e. The van der Waals surface area contributed by atoms with Crippen LogP contribution in [-0.4, -0.2) is 18.8 Å². The highest BCUT2D eigenvalue weighted by molar-refractivity contribution is 7.86. The fourth-order valence-electron chi connectivity index (χ4n) is 3.41. The van der Waals surface area contributed by atoms with Crippen LogP contribution in [0.25, 0.3) is 10.8 Å². The van der Waals surface area contributed by atoms with Crippen molar-refractivity contribution in [1.82, 2.24) is 0 Å². The van der Waals surface area contributed by atoms with Crippen molar-refractivity contribution in [2.24, 2.45) is 10.2 Å². The first-order valence-electron chi connectivity index (χ1n) is 8.46. The number of ketones is 1. The summed E-state index contributed by atoms with van der Waals surface area (Å²) in [6.45, 7) is 0. The van der Waals surface area contributed by atoms with Crippen molar-refractivity contribution >= 4 is 32.4 Å². The summed E-state index contributed by atoms with van der Waals surface area (Å²) in [6, 6.07) is 16.5. The molecule has 1 unspecified atom stereocenters. The van der Waals surface area contributed by atoms with E-state index < -0.39 is 16.2 Å². The minimum Gasteiger partial charge on any atom is -0.297 e. The third kappa shape index (κ3) is 3.27.